The Morgan fingerprint density at radius 1 is 1.12 bits per heavy atom. The van der Waals surface area contributed by atoms with Crippen molar-refractivity contribution in [3.05, 3.63) is 58.4 Å². The fraction of sp³-hybridized carbons (Fsp3) is 0.480. The van der Waals surface area contributed by atoms with E-state index < -0.39 is 23.4 Å². The van der Waals surface area contributed by atoms with Crippen LogP contribution in [0, 0.1) is 29.3 Å². The quantitative estimate of drug-likeness (QED) is 0.256. The molecule has 0 aliphatic rings. The second-order valence-electron chi connectivity index (χ2n) is 8.83. The highest BCUT2D eigenvalue weighted by Crippen LogP contribution is 2.37. The summed E-state index contributed by atoms with van der Waals surface area (Å²) in [5.74, 6) is -3.81. The van der Waals surface area contributed by atoms with E-state index in [1.165, 1.54) is 0 Å². The average molecular weight is 501 g/mol. The first-order valence-corrected chi connectivity index (χ1v) is 12.3. The van der Waals surface area contributed by atoms with E-state index >= 15 is 0 Å². The number of hydrogen-bond acceptors (Lipinski definition) is 3. The molecular formula is C25H32ClF3N2OS. The number of rotatable bonds is 11. The predicted molar refractivity (Wildman–Crippen MR) is 132 cm³/mol. The van der Waals surface area contributed by atoms with Crippen molar-refractivity contribution in [1.29, 1.82) is 0 Å². The van der Waals surface area contributed by atoms with Gasteiger partial charge in [0.25, 0.3) is 5.91 Å². The van der Waals surface area contributed by atoms with Gasteiger partial charge in [-0.3, -0.25) is 4.79 Å². The molecule has 0 saturated heterocycles. The molecule has 0 aliphatic heterocycles. The van der Waals surface area contributed by atoms with E-state index in [4.69, 9.17) is 11.6 Å². The normalized spacial score (nSPS) is 14.2. The highest BCUT2D eigenvalue weighted by molar-refractivity contribution is 8.00. The van der Waals surface area contributed by atoms with Gasteiger partial charge in [-0.1, -0.05) is 38.8 Å². The SMILES string of the molecule is CCCC(CC(C)CN(C)C)C(C)Sc1cc(C(=O)Nc2cc(F)c(F)c(F)c2)ccc1Cl. The van der Waals surface area contributed by atoms with E-state index in [0.717, 1.165) is 42.8 Å². The molecule has 1 amide bonds. The second-order valence-corrected chi connectivity index (χ2v) is 10.7. The maximum atomic E-state index is 13.5. The van der Waals surface area contributed by atoms with Crippen LogP contribution in [0.15, 0.2) is 35.2 Å². The van der Waals surface area contributed by atoms with Gasteiger partial charge in [-0.05, 0) is 57.0 Å². The number of thioether (sulfide) groups is 1. The van der Waals surface area contributed by atoms with Gasteiger partial charge < -0.3 is 10.2 Å². The van der Waals surface area contributed by atoms with Gasteiger partial charge in [-0.2, -0.15) is 0 Å². The van der Waals surface area contributed by atoms with Crippen LogP contribution in [-0.2, 0) is 0 Å². The fourth-order valence-corrected chi connectivity index (χ4v) is 5.46. The summed E-state index contributed by atoms with van der Waals surface area (Å²) >= 11 is 8.05. The molecule has 1 N–H and O–H groups in total. The van der Waals surface area contributed by atoms with Gasteiger partial charge in [0.1, 0.15) is 0 Å². The van der Waals surface area contributed by atoms with Crippen molar-refractivity contribution < 1.29 is 18.0 Å². The number of halogens is 4. The smallest absolute Gasteiger partial charge is 0.255 e. The van der Waals surface area contributed by atoms with Gasteiger partial charge in [0.2, 0.25) is 0 Å². The van der Waals surface area contributed by atoms with Crippen LogP contribution in [0.4, 0.5) is 18.9 Å². The lowest BCUT2D eigenvalue weighted by molar-refractivity contribution is 0.102. The van der Waals surface area contributed by atoms with E-state index in [-0.39, 0.29) is 10.9 Å². The molecule has 0 aliphatic carbocycles. The Labute approximate surface area is 204 Å². The summed E-state index contributed by atoms with van der Waals surface area (Å²) < 4.78 is 40.1. The number of amides is 1. The highest BCUT2D eigenvalue weighted by atomic mass is 35.5. The standard InChI is InChI=1S/C25H32ClF3N2OS/c1-6-7-17(10-15(2)14-31(4)5)16(3)33-23-11-18(8-9-20(23)26)25(32)30-19-12-21(27)24(29)22(28)13-19/h8-9,11-13,15-17H,6-7,10,14H2,1-5H3,(H,30,32). The van der Waals surface area contributed by atoms with Crippen LogP contribution in [-0.4, -0.2) is 36.7 Å². The highest BCUT2D eigenvalue weighted by Gasteiger charge is 2.22. The van der Waals surface area contributed by atoms with E-state index in [9.17, 15) is 18.0 Å². The number of nitrogens with zero attached hydrogens (tertiary/aromatic N) is 1. The summed E-state index contributed by atoms with van der Waals surface area (Å²) in [5, 5.41) is 3.24. The lowest BCUT2D eigenvalue weighted by Crippen LogP contribution is -2.24. The zero-order chi connectivity index (χ0) is 24.7. The maximum absolute atomic E-state index is 13.5. The molecule has 0 radical (unpaired) electrons. The lowest BCUT2D eigenvalue weighted by Gasteiger charge is -2.28. The van der Waals surface area contributed by atoms with E-state index in [2.05, 4.69) is 45.1 Å². The molecule has 0 bridgehead atoms. The Balaban J connectivity index is 2.15. The van der Waals surface area contributed by atoms with E-state index in [0.29, 0.717) is 22.4 Å². The summed E-state index contributed by atoms with van der Waals surface area (Å²) in [6, 6.07) is 6.36. The van der Waals surface area contributed by atoms with Crippen LogP contribution in [0.3, 0.4) is 0 Å². The minimum absolute atomic E-state index is 0.160. The molecular weight excluding hydrogens is 469 g/mol. The van der Waals surface area contributed by atoms with Gasteiger partial charge in [0.15, 0.2) is 17.5 Å². The van der Waals surface area contributed by atoms with Gasteiger partial charge in [0, 0.05) is 40.1 Å². The molecule has 2 aromatic carbocycles. The first-order valence-electron chi connectivity index (χ1n) is 11.1. The summed E-state index contributed by atoms with van der Waals surface area (Å²) in [6.45, 7) is 7.65. The van der Waals surface area contributed by atoms with Crippen molar-refractivity contribution >= 4 is 35.0 Å². The predicted octanol–water partition coefficient (Wildman–Crippen LogP) is 7.49. The van der Waals surface area contributed by atoms with Gasteiger partial charge in [-0.25, -0.2) is 13.2 Å². The van der Waals surface area contributed by atoms with Crippen molar-refractivity contribution in [3.63, 3.8) is 0 Å². The number of carbonyl (C=O) groups excluding carboxylic acids is 1. The third-order valence-corrected chi connectivity index (χ3v) is 7.24. The van der Waals surface area contributed by atoms with Crippen LogP contribution < -0.4 is 5.32 Å². The minimum atomic E-state index is -1.58. The largest absolute Gasteiger partial charge is 0.322 e. The Morgan fingerprint density at radius 3 is 2.33 bits per heavy atom. The molecule has 182 valence electrons. The number of anilines is 1. The van der Waals surface area contributed by atoms with Crippen molar-refractivity contribution in [1.82, 2.24) is 4.90 Å². The molecule has 3 nitrogen and oxygen atoms in total. The van der Waals surface area contributed by atoms with Crippen LogP contribution in [0.25, 0.3) is 0 Å². The average Bonchev–Trinajstić information content (AvgIpc) is 2.72. The molecule has 0 spiro atoms. The van der Waals surface area contributed by atoms with Crippen LogP contribution in [0.2, 0.25) is 5.02 Å². The molecule has 2 aromatic rings. The van der Waals surface area contributed by atoms with Crippen molar-refractivity contribution in [3.8, 4) is 0 Å². The van der Waals surface area contributed by atoms with Gasteiger partial charge >= 0.3 is 0 Å². The molecule has 0 fully saturated rings. The third-order valence-electron chi connectivity index (χ3n) is 5.45. The summed E-state index contributed by atoms with van der Waals surface area (Å²) in [7, 11) is 4.16. The van der Waals surface area contributed by atoms with Crippen LogP contribution in [0.5, 0.6) is 0 Å². The molecule has 8 heteroatoms. The fourth-order valence-electron chi connectivity index (χ4n) is 3.99. The Morgan fingerprint density at radius 2 is 1.76 bits per heavy atom. The number of carbonyl (C=O) groups is 1. The Kier molecular flexibility index (Phi) is 10.6. The van der Waals surface area contributed by atoms with Gasteiger partial charge in [0.05, 0.1) is 5.02 Å². The third kappa shape index (κ3) is 8.23. The van der Waals surface area contributed by atoms with Crippen LogP contribution >= 0.6 is 23.4 Å². The maximum Gasteiger partial charge on any atom is 0.255 e. The zero-order valence-electron chi connectivity index (χ0n) is 19.7. The molecule has 0 heterocycles. The second kappa shape index (κ2) is 12.7. The van der Waals surface area contributed by atoms with Crippen molar-refractivity contribution in [2.75, 3.05) is 26.0 Å². The first-order chi connectivity index (χ1) is 15.5. The Bertz CT molecular complexity index is 934. The van der Waals surface area contributed by atoms with E-state index in [1.807, 2.05) is 0 Å². The molecule has 3 atom stereocenters. The van der Waals surface area contributed by atoms with Gasteiger partial charge in [-0.15, -0.1) is 11.8 Å². The number of nitrogens with one attached hydrogen (secondary N) is 1. The van der Waals surface area contributed by atoms with Crippen molar-refractivity contribution in [2.24, 2.45) is 11.8 Å². The van der Waals surface area contributed by atoms with E-state index in [1.54, 1.807) is 30.0 Å². The molecule has 2 rings (SSSR count). The monoisotopic (exact) mass is 500 g/mol. The first kappa shape index (κ1) is 27.5. The summed E-state index contributed by atoms with van der Waals surface area (Å²) in [6.07, 6.45) is 3.29. The molecule has 0 aromatic heterocycles. The topological polar surface area (TPSA) is 32.3 Å². The zero-order valence-corrected chi connectivity index (χ0v) is 21.3. The lowest BCUT2D eigenvalue weighted by atomic mass is 9.89. The summed E-state index contributed by atoms with van der Waals surface area (Å²) in [5.41, 5.74) is 0.138. The number of benzene rings is 2. The molecule has 0 saturated carbocycles. The summed E-state index contributed by atoms with van der Waals surface area (Å²) in [4.78, 5) is 15.6. The molecule has 3 unspecified atom stereocenters. The Hall–Kier alpha value is -1.70. The van der Waals surface area contributed by atoms with Crippen LogP contribution in [0.1, 0.15) is 50.4 Å². The minimum Gasteiger partial charge on any atom is -0.322 e. The molecule has 33 heavy (non-hydrogen) atoms. The number of hydrogen-bond donors (Lipinski definition) is 1. The van der Waals surface area contributed by atoms with Crippen molar-refractivity contribution in [2.45, 2.75) is 50.2 Å².